The number of aromatic hydroxyl groups is 1. The van der Waals surface area contributed by atoms with Crippen LogP contribution in [0, 0.1) is 5.82 Å². The van der Waals surface area contributed by atoms with Crippen LogP contribution in [-0.2, 0) is 4.74 Å². The number of methoxy groups -OCH3 is 1. The van der Waals surface area contributed by atoms with Crippen LogP contribution in [0.1, 0.15) is 10.4 Å². The second-order valence-electron chi connectivity index (χ2n) is 3.88. The van der Waals surface area contributed by atoms with E-state index in [0.29, 0.717) is 5.30 Å². The minimum atomic E-state index is -0.678. The van der Waals surface area contributed by atoms with Gasteiger partial charge in [0.2, 0.25) is 0 Å². The minimum Gasteiger partial charge on any atom is -0.505 e. The molecule has 0 aliphatic heterocycles. The second-order valence-corrected chi connectivity index (χ2v) is 5.10. The van der Waals surface area contributed by atoms with Gasteiger partial charge >= 0.3 is 5.97 Å². The molecule has 7 heteroatoms. The maximum absolute atomic E-state index is 13.9. The molecule has 1 heterocycles. The zero-order valence-electron chi connectivity index (χ0n) is 10.1. The highest BCUT2D eigenvalue weighted by Gasteiger charge is 2.22. The van der Waals surface area contributed by atoms with Crippen LogP contribution in [0.15, 0.2) is 24.4 Å². The molecule has 2 aromatic rings. The number of hydrogen-bond donors (Lipinski definition) is 1. The van der Waals surface area contributed by atoms with Gasteiger partial charge in [0, 0.05) is 11.8 Å². The molecule has 2 rings (SSSR count). The van der Waals surface area contributed by atoms with E-state index < -0.39 is 11.8 Å². The number of benzene rings is 1. The summed E-state index contributed by atoms with van der Waals surface area (Å²) in [4.78, 5) is 11.5. The third-order valence-electron chi connectivity index (χ3n) is 2.66. The molecule has 1 aromatic carbocycles. The molecule has 1 N–H and O–H groups in total. The molecular weight excluding hydrogens is 287 g/mol. The number of carbonyl (C=O) groups is 1. The molecule has 2 unspecified atom stereocenters. The second kappa shape index (κ2) is 5.28. The number of carbonyl (C=O) groups excluding carboxylic acids is 1. The maximum Gasteiger partial charge on any atom is 0.343 e. The number of esters is 1. The molecule has 0 fully saturated rings. The van der Waals surface area contributed by atoms with Gasteiger partial charge in [0.05, 0.1) is 12.8 Å². The lowest BCUT2D eigenvalue weighted by Crippen LogP contribution is -1.99. The number of ether oxygens (including phenoxy) is 1. The lowest BCUT2D eigenvalue weighted by molar-refractivity contribution is 0.0598. The highest BCUT2D eigenvalue weighted by molar-refractivity contribution is 7.27. The fraction of sp³-hybridized carbons (Fsp3) is 0.0833. The van der Waals surface area contributed by atoms with Gasteiger partial charge < -0.3 is 14.2 Å². The van der Waals surface area contributed by atoms with Crippen LogP contribution in [0.2, 0.25) is 0 Å². The first-order valence-corrected chi connectivity index (χ1v) is 6.38. The van der Waals surface area contributed by atoms with Crippen molar-refractivity contribution in [1.29, 1.82) is 0 Å². The van der Waals surface area contributed by atoms with Gasteiger partial charge in [-0.25, -0.2) is 9.18 Å². The largest absolute Gasteiger partial charge is 0.505 e. The van der Waals surface area contributed by atoms with Crippen LogP contribution < -0.4 is 5.30 Å². The Labute approximate surface area is 114 Å². The Morgan fingerprint density at radius 2 is 2.16 bits per heavy atom. The van der Waals surface area contributed by atoms with Gasteiger partial charge in [-0.1, -0.05) is 6.07 Å². The Kier molecular flexibility index (Phi) is 3.88. The maximum atomic E-state index is 13.9. The third kappa shape index (κ3) is 2.49. The summed E-state index contributed by atoms with van der Waals surface area (Å²) in [6, 6.07) is 4.56. The summed E-state index contributed by atoms with van der Waals surface area (Å²) in [5, 5.41) is 10.7. The topological polar surface area (TPSA) is 51.5 Å². The van der Waals surface area contributed by atoms with Crippen LogP contribution in [0.5, 0.6) is 5.75 Å². The Morgan fingerprint density at radius 3 is 2.74 bits per heavy atom. The van der Waals surface area contributed by atoms with E-state index in [1.807, 2.05) is 0 Å². The fourth-order valence-corrected chi connectivity index (χ4v) is 2.42. The monoisotopic (exact) mass is 299 g/mol. The van der Waals surface area contributed by atoms with Crippen molar-refractivity contribution in [3.05, 3.63) is 35.8 Å². The summed E-state index contributed by atoms with van der Waals surface area (Å²) in [6.07, 6.45) is 1.37. The van der Waals surface area contributed by atoms with Crippen molar-refractivity contribution in [2.24, 2.45) is 0 Å². The fourth-order valence-electron chi connectivity index (χ4n) is 1.76. The summed E-state index contributed by atoms with van der Waals surface area (Å²) in [5.74, 6) is -1.47. The van der Waals surface area contributed by atoms with Gasteiger partial charge in [-0.2, -0.15) is 0 Å². The molecule has 100 valence electrons. The Hall–Kier alpha value is -1.44. The lowest BCUT2D eigenvalue weighted by atomic mass is 10.1. The molecule has 2 atom stereocenters. The first kappa shape index (κ1) is 14.0. The number of nitrogens with zero attached hydrogens (tertiary/aromatic N) is 1. The van der Waals surface area contributed by atoms with E-state index in [2.05, 4.69) is 23.4 Å². The zero-order chi connectivity index (χ0) is 14.2. The van der Waals surface area contributed by atoms with Gasteiger partial charge in [-0.05, 0) is 26.8 Å². The quantitative estimate of drug-likeness (QED) is 0.681. The zero-order valence-corrected chi connectivity index (χ0v) is 12.4. The van der Waals surface area contributed by atoms with Crippen molar-refractivity contribution >= 4 is 29.9 Å². The van der Waals surface area contributed by atoms with Crippen molar-refractivity contribution in [3.8, 4) is 17.0 Å². The summed E-state index contributed by atoms with van der Waals surface area (Å²) < 4.78 is 19.9. The summed E-state index contributed by atoms with van der Waals surface area (Å²) in [7, 11) is 5.89. The highest BCUT2D eigenvalue weighted by Crippen LogP contribution is 2.37. The molecule has 0 saturated heterocycles. The molecule has 0 saturated carbocycles. The average Bonchev–Trinajstić information content (AvgIpc) is 2.65. The van der Waals surface area contributed by atoms with Gasteiger partial charge in [0.25, 0.3) is 0 Å². The van der Waals surface area contributed by atoms with Gasteiger partial charge in [-0.3, -0.25) is 0 Å². The smallest absolute Gasteiger partial charge is 0.343 e. The summed E-state index contributed by atoms with van der Waals surface area (Å²) in [5.41, 5.74) is 0.392. The number of hydrogen-bond acceptors (Lipinski definition) is 3. The van der Waals surface area contributed by atoms with E-state index in [0.717, 1.165) is 0 Å². The molecule has 0 aliphatic rings. The molecular formula is C12H12FNO3P2. The van der Waals surface area contributed by atoms with Crippen LogP contribution >= 0.6 is 18.6 Å². The van der Waals surface area contributed by atoms with E-state index in [9.17, 15) is 14.3 Å². The van der Waals surface area contributed by atoms with Crippen LogP contribution in [0.3, 0.4) is 0 Å². The predicted octanol–water partition coefficient (Wildman–Crippen LogP) is 1.93. The first-order chi connectivity index (χ1) is 8.95. The normalized spacial score (nSPS) is 10.5. The van der Waals surface area contributed by atoms with E-state index in [4.69, 9.17) is 0 Å². The van der Waals surface area contributed by atoms with Crippen molar-refractivity contribution in [1.82, 2.24) is 4.34 Å². The molecule has 19 heavy (non-hydrogen) atoms. The van der Waals surface area contributed by atoms with Gasteiger partial charge in [0.15, 0.2) is 5.75 Å². The van der Waals surface area contributed by atoms with E-state index in [-0.39, 0.29) is 22.6 Å². The van der Waals surface area contributed by atoms with Crippen LogP contribution in [-0.4, -0.2) is 22.5 Å². The van der Waals surface area contributed by atoms with E-state index >= 15 is 0 Å². The SMILES string of the molecule is COC(=O)c1cn(P)c(-c2ccc(P)cc2F)c1O. The molecule has 0 spiro atoms. The van der Waals surface area contributed by atoms with Crippen LogP contribution in [0.25, 0.3) is 11.3 Å². The molecule has 1 aromatic heterocycles. The molecule has 0 radical (unpaired) electrons. The predicted molar refractivity (Wildman–Crippen MR) is 77.3 cm³/mol. The number of aromatic nitrogens is 1. The standard InChI is InChI=1S/C12H12FNO3P2/c1-17-12(16)8-5-14(19)10(11(8)15)7-3-2-6(18)4-9(7)13/h2-5,15H,18-19H2,1H3. The minimum absolute atomic E-state index is 0.0122. The summed E-state index contributed by atoms with van der Waals surface area (Å²) >= 11 is 0. The van der Waals surface area contributed by atoms with Crippen molar-refractivity contribution in [3.63, 3.8) is 0 Å². The van der Waals surface area contributed by atoms with E-state index in [1.165, 1.54) is 29.8 Å². The molecule has 4 nitrogen and oxygen atoms in total. The Bertz CT molecular complexity index is 655. The highest BCUT2D eigenvalue weighted by atomic mass is 31.0. The molecule has 0 aliphatic carbocycles. The molecule has 0 amide bonds. The van der Waals surface area contributed by atoms with E-state index in [1.54, 1.807) is 6.07 Å². The van der Waals surface area contributed by atoms with Crippen molar-refractivity contribution in [2.45, 2.75) is 0 Å². The number of halogens is 1. The third-order valence-corrected chi connectivity index (χ3v) is 3.43. The first-order valence-electron chi connectivity index (χ1n) is 5.28. The van der Waals surface area contributed by atoms with Crippen molar-refractivity contribution in [2.75, 3.05) is 7.11 Å². The number of rotatable bonds is 2. The average molecular weight is 299 g/mol. The van der Waals surface area contributed by atoms with Gasteiger partial charge in [-0.15, -0.1) is 9.24 Å². The van der Waals surface area contributed by atoms with Gasteiger partial charge in [0.1, 0.15) is 11.4 Å². The molecule has 0 bridgehead atoms. The summed E-state index contributed by atoms with van der Waals surface area (Å²) in [6.45, 7) is 0. The lowest BCUT2D eigenvalue weighted by Gasteiger charge is -2.06. The Balaban J connectivity index is 2.63. The van der Waals surface area contributed by atoms with Crippen molar-refractivity contribution < 1.29 is 19.0 Å². The Morgan fingerprint density at radius 1 is 1.47 bits per heavy atom. The van der Waals surface area contributed by atoms with Crippen LogP contribution in [0.4, 0.5) is 4.39 Å².